The van der Waals surface area contributed by atoms with Crippen molar-refractivity contribution in [2.45, 2.75) is 32.7 Å². The molecule has 34 heavy (non-hydrogen) atoms. The zero-order chi connectivity index (χ0) is 24.2. The number of aromatic nitrogens is 2. The molecule has 2 aliphatic rings. The molecule has 0 radical (unpaired) electrons. The summed E-state index contributed by atoms with van der Waals surface area (Å²) in [7, 11) is 0. The molecule has 2 aromatic rings. The minimum atomic E-state index is -0.384. The van der Waals surface area contributed by atoms with E-state index in [2.05, 4.69) is 31.9 Å². The van der Waals surface area contributed by atoms with Gasteiger partial charge in [-0.25, -0.2) is 14.4 Å². The number of carbonyl (C=O) groups excluding carboxylic acids is 1. The summed E-state index contributed by atoms with van der Waals surface area (Å²) in [5.41, 5.74) is 2.35. The van der Waals surface area contributed by atoms with Crippen LogP contribution in [0.2, 0.25) is 0 Å². The number of rotatable bonds is 8. The molecule has 1 aromatic carbocycles. The zero-order valence-electron chi connectivity index (χ0n) is 19.8. The van der Waals surface area contributed by atoms with Crippen LogP contribution in [-0.4, -0.2) is 59.8 Å². The van der Waals surface area contributed by atoms with Crippen molar-refractivity contribution in [3.8, 4) is 0 Å². The number of halogens is 1. The first kappa shape index (κ1) is 23.9. The SMILES string of the molecule is C=N/C(=C(NC(=O)c1cnc(C(C)C)nc1)\C(=C/C)c1ccccc1F)C1CN(C2COC2)C1. The Kier molecular flexibility index (Phi) is 7.29. The van der Waals surface area contributed by atoms with Gasteiger partial charge in [0.15, 0.2) is 0 Å². The van der Waals surface area contributed by atoms with Gasteiger partial charge in [0, 0.05) is 48.5 Å². The average molecular weight is 464 g/mol. The molecule has 1 aromatic heterocycles. The molecule has 8 heteroatoms. The molecule has 178 valence electrons. The second kappa shape index (κ2) is 10.4. The number of aliphatic imine (C=N–C) groups is 1. The highest BCUT2D eigenvalue weighted by molar-refractivity contribution is 5.98. The number of allylic oxidation sites excluding steroid dienone is 2. The van der Waals surface area contributed by atoms with Gasteiger partial charge >= 0.3 is 0 Å². The van der Waals surface area contributed by atoms with Gasteiger partial charge in [-0.2, -0.15) is 0 Å². The van der Waals surface area contributed by atoms with Crippen LogP contribution in [0.25, 0.3) is 5.57 Å². The van der Waals surface area contributed by atoms with E-state index in [1.54, 1.807) is 24.3 Å². The summed E-state index contributed by atoms with van der Waals surface area (Å²) in [6, 6.07) is 6.92. The van der Waals surface area contributed by atoms with Crippen LogP contribution < -0.4 is 5.32 Å². The van der Waals surface area contributed by atoms with E-state index < -0.39 is 0 Å². The lowest BCUT2D eigenvalue weighted by atomic mass is 9.89. The summed E-state index contributed by atoms with van der Waals surface area (Å²) in [6.07, 6.45) is 4.81. The number of nitrogens with zero attached hydrogens (tertiary/aromatic N) is 4. The summed E-state index contributed by atoms with van der Waals surface area (Å²) in [4.78, 5) is 28.5. The summed E-state index contributed by atoms with van der Waals surface area (Å²) in [6.45, 7) is 12.6. The molecule has 2 saturated heterocycles. The molecule has 1 amide bonds. The quantitative estimate of drug-likeness (QED) is 0.476. The molecule has 0 saturated carbocycles. The first-order valence-corrected chi connectivity index (χ1v) is 11.5. The molecular weight excluding hydrogens is 433 g/mol. The zero-order valence-corrected chi connectivity index (χ0v) is 19.8. The first-order chi connectivity index (χ1) is 16.4. The maximum absolute atomic E-state index is 14.8. The maximum atomic E-state index is 14.8. The van der Waals surface area contributed by atoms with E-state index in [1.807, 2.05) is 20.8 Å². The number of hydrogen-bond donors (Lipinski definition) is 1. The molecule has 0 aliphatic carbocycles. The Bertz CT molecular complexity index is 1120. The third-order valence-corrected chi connectivity index (χ3v) is 6.27. The number of benzene rings is 1. The molecule has 0 spiro atoms. The number of hydrogen-bond acceptors (Lipinski definition) is 6. The fourth-order valence-electron chi connectivity index (χ4n) is 4.15. The molecule has 4 rings (SSSR count). The summed E-state index contributed by atoms with van der Waals surface area (Å²) < 4.78 is 20.1. The lowest BCUT2D eigenvalue weighted by Gasteiger charge is -2.47. The lowest BCUT2D eigenvalue weighted by Crippen LogP contribution is -2.59. The molecule has 0 atom stereocenters. The van der Waals surface area contributed by atoms with E-state index in [0.29, 0.717) is 40.0 Å². The Morgan fingerprint density at radius 2 is 1.94 bits per heavy atom. The molecule has 2 fully saturated rings. The third-order valence-electron chi connectivity index (χ3n) is 6.27. The molecule has 7 nitrogen and oxygen atoms in total. The smallest absolute Gasteiger partial charge is 0.258 e. The highest BCUT2D eigenvalue weighted by Crippen LogP contribution is 2.34. The van der Waals surface area contributed by atoms with Crippen molar-refractivity contribution >= 4 is 18.2 Å². The van der Waals surface area contributed by atoms with E-state index in [9.17, 15) is 9.18 Å². The Morgan fingerprint density at radius 1 is 1.26 bits per heavy atom. The molecule has 3 heterocycles. The summed E-state index contributed by atoms with van der Waals surface area (Å²) in [5, 5.41) is 2.98. The molecule has 2 aliphatic heterocycles. The van der Waals surface area contributed by atoms with Gasteiger partial charge in [0.25, 0.3) is 5.91 Å². The van der Waals surface area contributed by atoms with E-state index in [0.717, 1.165) is 26.3 Å². The second-order valence-corrected chi connectivity index (χ2v) is 8.88. The number of amides is 1. The standard InChI is InChI=1S/C26H30FN5O2/c1-5-20(21-8-6-7-9-22(21)27)24(23(28-4)18-12-32(13-18)19-14-34-15-19)31-26(33)17-10-29-25(16(2)3)30-11-17/h5-11,16,18-19H,4,12-15H2,1-3H3,(H,31,33)/b20-5-,24-23+. The van der Waals surface area contributed by atoms with Crippen molar-refractivity contribution < 1.29 is 13.9 Å². The number of likely N-dealkylation sites (tertiary alicyclic amines) is 1. The van der Waals surface area contributed by atoms with Crippen molar-refractivity contribution in [3.05, 3.63) is 76.9 Å². The predicted octanol–water partition coefficient (Wildman–Crippen LogP) is 3.82. The first-order valence-electron chi connectivity index (χ1n) is 11.5. The van der Waals surface area contributed by atoms with Crippen LogP contribution in [-0.2, 0) is 4.74 Å². The van der Waals surface area contributed by atoms with E-state index in [4.69, 9.17) is 4.74 Å². The van der Waals surface area contributed by atoms with Gasteiger partial charge in [-0.05, 0) is 19.7 Å². The average Bonchev–Trinajstić information content (AvgIpc) is 2.77. The Balaban J connectivity index is 1.68. The monoisotopic (exact) mass is 463 g/mol. The molecular formula is C26H30FN5O2. The van der Waals surface area contributed by atoms with Crippen LogP contribution in [0.5, 0.6) is 0 Å². The van der Waals surface area contributed by atoms with Crippen molar-refractivity contribution in [1.29, 1.82) is 0 Å². The van der Waals surface area contributed by atoms with E-state index in [1.165, 1.54) is 18.5 Å². The third kappa shape index (κ3) is 4.83. The minimum absolute atomic E-state index is 0.0645. The van der Waals surface area contributed by atoms with Crippen molar-refractivity contribution in [3.63, 3.8) is 0 Å². The summed E-state index contributed by atoms with van der Waals surface area (Å²) >= 11 is 0. The molecule has 0 bridgehead atoms. The Morgan fingerprint density at radius 3 is 2.47 bits per heavy atom. The van der Waals surface area contributed by atoms with Gasteiger partial charge in [-0.3, -0.25) is 14.7 Å². The van der Waals surface area contributed by atoms with Gasteiger partial charge in [0.05, 0.1) is 36.2 Å². The topological polar surface area (TPSA) is 79.7 Å². The van der Waals surface area contributed by atoms with Crippen LogP contribution in [0.1, 0.15) is 48.4 Å². The maximum Gasteiger partial charge on any atom is 0.258 e. The van der Waals surface area contributed by atoms with Crippen molar-refractivity contribution in [1.82, 2.24) is 20.2 Å². The van der Waals surface area contributed by atoms with Crippen LogP contribution in [0.3, 0.4) is 0 Å². The largest absolute Gasteiger partial charge is 0.378 e. The van der Waals surface area contributed by atoms with Gasteiger partial charge in [0.1, 0.15) is 11.6 Å². The highest BCUT2D eigenvalue weighted by Gasteiger charge is 2.39. The lowest BCUT2D eigenvalue weighted by molar-refractivity contribution is -0.0964. The second-order valence-electron chi connectivity index (χ2n) is 8.88. The number of ether oxygens (including phenoxy) is 1. The van der Waals surface area contributed by atoms with Gasteiger partial charge < -0.3 is 10.1 Å². The van der Waals surface area contributed by atoms with Crippen molar-refractivity contribution in [2.75, 3.05) is 26.3 Å². The van der Waals surface area contributed by atoms with Gasteiger partial charge in [0.2, 0.25) is 0 Å². The number of nitrogens with one attached hydrogen (secondary N) is 1. The fraction of sp³-hybridized carbons (Fsp3) is 0.385. The summed E-state index contributed by atoms with van der Waals surface area (Å²) in [5.74, 6) is 0.121. The minimum Gasteiger partial charge on any atom is -0.378 e. The Labute approximate surface area is 199 Å². The van der Waals surface area contributed by atoms with Crippen LogP contribution in [0.15, 0.2) is 59.1 Å². The molecule has 1 N–H and O–H groups in total. The number of carbonyl (C=O) groups is 1. The van der Waals surface area contributed by atoms with Gasteiger partial charge in [-0.15, -0.1) is 0 Å². The van der Waals surface area contributed by atoms with Crippen LogP contribution in [0.4, 0.5) is 4.39 Å². The highest BCUT2D eigenvalue weighted by atomic mass is 19.1. The van der Waals surface area contributed by atoms with Crippen LogP contribution >= 0.6 is 0 Å². The normalized spacial score (nSPS) is 18.2. The van der Waals surface area contributed by atoms with Gasteiger partial charge in [-0.1, -0.05) is 38.1 Å². The predicted molar refractivity (Wildman–Crippen MR) is 130 cm³/mol. The molecule has 0 unspecified atom stereocenters. The Hall–Kier alpha value is -3.23. The fourth-order valence-corrected chi connectivity index (χ4v) is 4.15. The van der Waals surface area contributed by atoms with E-state index >= 15 is 0 Å². The van der Waals surface area contributed by atoms with Crippen LogP contribution in [0, 0.1) is 11.7 Å². The van der Waals surface area contributed by atoms with E-state index in [-0.39, 0.29) is 23.6 Å². The van der Waals surface area contributed by atoms with Crippen molar-refractivity contribution in [2.24, 2.45) is 10.9 Å².